The van der Waals surface area contributed by atoms with Gasteiger partial charge < -0.3 is 69.6 Å². The number of H-pyrrole nitrogens is 1. The Hall–Kier alpha value is -6.66. The highest BCUT2D eigenvalue weighted by atomic mass is 32.1. The molecule has 1 heterocycles. The van der Waals surface area contributed by atoms with Gasteiger partial charge in [-0.2, -0.15) is 25.3 Å². The van der Waals surface area contributed by atoms with Gasteiger partial charge in [-0.15, -0.1) is 0 Å². The second kappa shape index (κ2) is 29.0. The average Bonchev–Trinajstić information content (AvgIpc) is 3.77. The fraction of sp³-hybridized carbons (Fsp3) is 0.429. The fourth-order valence-electron chi connectivity index (χ4n) is 7.59. The number of para-hydroxylation sites is 1. The van der Waals surface area contributed by atoms with Crippen LogP contribution >= 0.6 is 25.3 Å². The molecule has 0 aliphatic rings. The number of primary amides is 1. The van der Waals surface area contributed by atoms with Crippen molar-refractivity contribution in [2.24, 2.45) is 17.2 Å². The van der Waals surface area contributed by atoms with Crippen molar-refractivity contribution in [3.05, 3.63) is 102 Å². The number of aromatic nitrogens is 1. The summed E-state index contributed by atoms with van der Waals surface area (Å²) in [5.74, 6) is -6.94. The first kappa shape index (κ1) is 57.9. The molecule has 72 heavy (non-hydrogen) atoms. The summed E-state index contributed by atoms with van der Waals surface area (Å²) in [4.78, 5) is 112. The maximum absolute atomic E-state index is 14.5. The van der Waals surface area contributed by atoms with E-state index >= 15 is 0 Å². The van der Waals surface area contributed by atoms with E-state index in [-0.39, 0.29) is 55.9 Å². The van der Waals surface area contributed by atoms with Crippen molar-refractivity contribution in [3.63, 3.8) is 0 Å². The van der Waals surface area contributed by atoms with E-state index in [0.29, 0.717) is 24.0 Å². The van der Waals surface area contributed by atoms with Gasteiger partial charge in [-0.1, -0.05) is 67.6 Å². The molecular formula is C49H67N11O10S2. The molecule has 8 amide bonds. The molecular weight excluding hydrogens is 967 g/mol. The predicted molar refractivity (Wildman–Crippen MR) is 277 cm³/mol. The molecule has 21 nitrogen and oxygen atoms in total. The summed E-state index contributed by atoms with van der Waals surface area (Å²) in [6, 6.07) is 12.1. The second-order valence-corrected chi connectivity index (χ2v) is 18.0. The number of rotatable bonds is 29. The largest absolute Gasteiger partial charge is 0.508 e. The third-order valence-corrected chi connectivity index (χ3v) is 12.4. The number of benzene rings is 3. The fourth-order valence-corrected chi connectivity index (χ4v) is 8.11. The molecule has 390 valence electrons. The SMILES string of the molecule is CC[C@H](NC(=O)[C@H](CS)NC(=O)[C@H](CCCCN)NC(=O)[C@@H](Cc1c[nH]c2ccccc12)NC(=O)[C@@H](CS)NC(=O)[C@H](Cc1ccc(O)cc1)NC(=O)[C@H](N)Cc1ccccc1)C(=O)N[C@H](C(N)=O)[C@@H](C)O. The van der Waals surface area contributed by atoms with Gasteiger partial charge in [-0.05, 0) is 80.5 Å². The minimum atomic E-state index is -1.43. The zero-order valence-corrected chi connectivity index (χ0v) is 41.9. The van der Waals surface area contributed by atoms with Crippen LogP contribution in [0.4, 0.5) is 0 Å². The van der Waals surface area contributed by atoms with Crippen molar-refractivity contribution in [3.8, 4) is 5.75 Å². The lowest BCUT2D eigenvalue weighted by Crippen LogP contribution is -2.61. The number of fused-ring (bicyclic) bond motifs is 1. The van der Waals surface area contributed by atoms with Crippen LogP contribution in [-0.2, 0) is 57.6 Å². The predicted octanol–water partition coefficient (Wildman–Crippen LogP) is -1.11. The van der Waals surface area contributed by atoms with Crippen LogP contribution in [0.15, 0.2) is 85.1 Å². The van der Waals surface area contributed by atoms with Gasteiger partial charge in [-0.25, -0.2) is 0 Å². The van der Waals surface area contributed by atoms with Gasteiger partial charge >= 0.3 is 0 Å². The Bertz CT molecular complexity index is 2460. The summed E-state index contributed by atoms with van der Waals surface area (Å²) >= 11 is 8.62. The van der Waals surface area contributed by atoms with Crippen LogP contribution in [0.1, 0.15) is 56.2 Å². The van der Waals surface area contributed by atoms with Crippen molar-refractivity contribution >= 4 is 83.4 Å². The molecule has 0 bridgehead atoms. The third-order valence-electron chi connectivity index (χ3n) is 11.7. The van der Waals surface area contributed by atoms with Crippen LogP contribution in [0.2, 0.25) is 0 Å². The van der Waals surface area contributed by atoms with Crippen molar-refractivity contribution < 1.29 is 48.6 Å². The zero-order valence-electron chi connectivity index (χ0n) is 40.1. The first-order chi connectivity index (χ1) is 34.4. The Morgan fingerprint density at radius 3 is 1.65 bits per heavy atom. The summed E-state index contributed by atoms with van der Waals surface area (Å²) in [5, 5.41) is 38.8. The van der Waals surface area contributed by atoms with Crippen LogP contribution < -0.4 is 54.4 Å². The normalized spacial score (nSPS) is 14.9. The van der Waals surface area contributed by atoms with Gasteiger partial charge in [0.1, 0.15) is 48.0 Å². The number of unbranched alkanes of at least 4 members (excludes halogenated alkanes) is 1. The molecule has 0 aliphatic carbocycles. The van der Waals surface area contributed by atoms with E-state index in [9.17, 15) is 48.6 Å². The molecule has 0 radical (unpaired) electrons. The highest BCUT2D eigenvalue weighted by molar-refractivity contribution is 7.80. The molecule has 1 aromatic heterocycles. The van der Waals surface area contributed by atoms with Crippen LogP contribution in [-0.4, -0.2) is 135 Å². The van der Waals surface area contributed by atoms with E-state index in [1.807, 2.05) is 48.5 Å². The lowest BCUT2D eigenvalue weighted by Gasteiger charge is -2.27. The lowest BCUT2D eigenvalue weighted by molar-refractivity contribution is -0.135. The second-order valence-electron chi connectivity index (χ2n) is 17.3. The zero-order chi connectivity index (χ0) is 52.9. The Kier molecular flexibility index (Phi) is 23.3. The third kappa shape index (κ3) is 17.6. The Labute approximate surface area is 428 Å². The maximum atomic E-state index is 14.5. The number of hydrogen-bond acceptors (Lipinski definition) is 14. The summed E-state index contributed by atoms with van der Waals surface area (Å²) in [6.45, 7) is 3.12. The lowest BCUT2D eigenvalue weighted by atomic mass is 10.0. The van der Waals surface area contributed by atoms with Crippen molar-refractivity contribution in [2.75, 3.05) is 18.1 Å². The van der Waals surface area contributed by atoms with Gasteiger partial charge in [0.25, 0.3) is 0 Å². The number of amides is 8. The first-order valence-electron chi connectivity index (χ1n) is 23.5. The van der Waals surface area contributed by atoms with Crippen LogP contribution in [0.5, 0.6) is 5.75 Å². The maximum Gasteiger partial charge on any atom is 0.244 e. The number of aliphatic hydroxyl groups excluding tert-OH is 1. The number of aromatic amines is 1. The molecule has 4 rings (SSSR count). The number of carbonyl (C=O) groups is 8. The number of hydrogen-bond donors (Lipinski definition) is 15. The number of phenolic OH excluding ortho intramolecular Hbond substituents is 1. The molecule has 0 aliphatic heterocycles. The first-order valence-corrected chi connectivity index (χ1v) is 24.8. The van der Waals surface area contributed by atoms with Crippen molar-refractivity contribution in [1.82, 2.24) is 42.2 Å². The quantitative estimate of drug-likeness (QED) is 0.0228. The standard InChI is InChI=1S/C49H67N11O10S2/c1-3-34(44(65)60-41(27(2)61)42(52)63)54-48(69)39(25-71)58-45(66)36(15-9-10-20-50)55-47(68)38(23-30-24-53-35-14-8-7-13-32(30)35)57-49(70)40(26-72)59-46(67)37(22-29-16-18-31(62)19-17-29)56-43(64)33(51)21-28-11-5-4-6-12-28/h4-8,11-14,16-19,24,27,33-34,36-41,53,61-62,71-72H,3,9-10,15,20-23,25-26,50-51H2,1-2H3,(H2,52,63)(H,54,69)(H,55,68)(H,56,64)(H,57,70)(H,58,66)(H,59,67)(H,60,65)/t27-,33-,34+,36+,37+,38-,39+,40-,41+/m1/s1. The minimum Gasteiger partial charge on any atom is -0.508 e. The smallest absolute Gasteiger partial charge is 0.244 e. The number of thiol groups is 2. The van der Waals surface area contributed by atoms with E-state index in [2.05, 4.69) is 67.5 Å². The molecule has 0 spiro atoms. The van der Waals surface area contributed by atoms with Gasteiger partial charge in [0.05, 0.1) is 12.1 Å². The molecule has 16 N–H and O–H groups in total. The number of nitrogens with two attached hydrogens (primary N) is 3. The number of nitrogens with one attached hydrogen (secondary N) is 8. The molecule has 4 aromatic rings. The van der Waals surface area contributed by atoms with Crippen LogP contribution in [0.25, 0.3) is 10.9 Å². The summed E-state index contributed by atoms with van der Waals surface area (Å²) in [6.07, 6.45) is 1.31. The Morgan fingerprint density at radius 1 is 0.597 bits per heavy atom. The monoisotopic (exact) mass is 1030 g/mol. The van der Waals surface area contributed by atoms with E-state index in [0.717, 1.165) is 16.5 Å². The summed E-state index contributed by atoms with van der Waals surface area (Å²) < 4.78 is 0. The topological polar surface area (TPSA) is 355 Å². The van der Waals surface area contributed by atoms with E-state index < -0.39 is 102 Å². The minimum absolute atomic E-state index is 0.0137. The van der Waals surface area contributed by atoms with E-state index in [1.165, 1.54) is 19.1 Å². The van der Waals surface area contributed by atoms with Crippen molar-refractivity contribution in [2.45, 2.75) is 113 Å². The van der Waals surface area contributed by atoms with E-state index in [4.69, 9.17) is 17.2 Å². The molecule has 0 saturated heterocycles. The summed E-state index contributed by atoms with van der Waals surface area (Å²) in [7, 11) is 0. The molecule has 0 fully saturated rings. The van der Waals surface area contributed by atoms with Crippen LogP contribution in [0, 0.1) is 0 Å². The molecule has 3 aromatic carbocycles. The van der Waals surface area contributed by atoms with Gasteiger partial charge in [0, 0.05) is 41.4 Å². The number of aliphatic hydroxyl groups is 1. The highest BCUT2D eigenvalue weighted by Crippen LogP contribution is 2.20. The van der Waals surface area contributed by atoms with Gasteiger partial charge in [0.15, 0.2) is 0 Å². The number of carbonyl (C=O) groups excluding carboxylic acids is 8. The average molecular weight is 1030 g/mol. The number of phenols is 1. The van der Waals surface area contributed by atoms with Crippen LogP contribution in [0.3, 0.4) is 0 Å². The summed E-state index contributed by atoms with van der Waals surface area (Å²) in [5.41, 5.74) is 20.1. The van der Waals surface area contributed by atoms with Gasteiger partial charge in [0.2, 0.25) is 47.3 Å². The molecule has 23 heteroatoms. The molecule has 0 unspecified atom stereocenters. The van der Waals surface area contributed by atoms with E-state index in [1.54, 1.807) is 31.3 Å². The Balaban J connectivity index is 1.56. The molecule has 0 saturated carbocycles. The number of aromatic hydroxyl groups is 1. The Morgan fingerprint density at radius 2 is 1.08 bits per heavy atom. The van der Waals surface area contributed by atoms with Crippen molar-refractivity contribution in [1.29, 1.82) is 0 Å². The van der Waals surface area contributed by atoms with Gasteiger partial charge in [-0.3, -0.25) is 38.4 Å². The molecule has 9 atom stereocenters. The highest BCUT2D eigenvalue weighted by Gasteiger charge is 2.34.